The Bertz CT molecular complexity index is 608. The Morgan fingerprint density at radius 2 is 2.21 bits per heavy atom. The van der Waals surface area contributed by atoms with Gasteiger partial charge < -0.3 is 15.0 Å². The summed E-state index contributed by atoms with van der Waals surface area (Å²) >= 11 is 0. The highest BCUT2D eigenvalue weighted by Gasteiger charge is 2.31. The second kappa shape index (κ2) is 4.58. The van der Waals surface area contributed by atoms with Crippen molar-refractivity contribution in [2.24, 2.45) is 5.73 Å². The molecule has 1 saturated heterocycles. The first kappa shape index (κ1) is 12.6. The molecule has 0 aliphatic carbocycles. The molecule has 3 rings (SSSR count). The number of rotatable bonds is 2. The third kappa shape index (κ3) is 2.03. The Morgan fingerprint density at radius 3 is 2.84 bits per heavy atom. The van der Waals surface area contributed by atoms with Crippen molar-refractivity contribution in [3.63, 3.8) is 0 Å². The fourth-order valence-electron chi connectivity index (χ4n) is 2.73. The third-order valence-corrected chi connectivity index (χ3v) is 3.65. The van der Waals surface area contributed by atoms with Crippen molar-refractivity contribution in [2.45, 2.75) is 31.8 Å². The summed E-state index contributed by atoms with van der Waals surface area (Å²) in [7, 11) is 0. The lowest BCUT2D eigenvalue weighted by Crippen LogP contribution is -2.29. The van der Waals surface area contributed by atoms with E-state index in [0.717, 1.165) is 11.3 Å². The van der Waals surface area contributed by atoms with Gasteiger partial charge in [-0.05, 0) is 26.0 Å². The van der Waals surface area contributed by atoms with Crippen molar-refractivity contribution in [3.8, 4) is 0 Å². The normalized spacial score (nSPS) is 23.6. The molecule has 0 bridgehead atoms. The van der Waals surface area contributed by atoms with Gasteiger partial charge in [0.2, 0.25) is 0 Å². The van der Waals surface area contributed by atoms with Crippen LogP contribution in [0.2, 0.25) is 0 Å². The molecule has 0 amide bonds. The van der Waals surface area contributed by atoms with Gasteiger partial charge in [0.15, 0.2) is 0 Å². The SMILES string of the molecule is CC(C)n1c(C2COCC2N)nc2cc(F)ccc21. The van der Waals surface area contributed by atoms with Crippen molar-refractivity contribution < 1.29 is 9.13 Å². The molecular weight excluding hydrogens is 245 g/mol. The van der Waals surface area contributed by atoms with Crippen LogP contribution < -0.4 is 5.73 Å². The van der Waals surface area contributed by atoms with E-state index in [1.165, 1.54) is 12.1 Å². The van der Waals surface area contributed by atoms with Crippen molar-refractivity contribution in [3.05, 3.63) is 29.8 Å². The molecule has 0 spiro atoms. The van der Waals surface area contributed by atoms with Crippen LogP contribution in [0.4, 0.5) is 4.39 Å². The molecule has 5 heteroatoms. The number of hydrogen-bond donors (Lipinski definition) is 1. The number of nitrogens with zero attached hydrogens (tertiary/aromatic N) is 2. The van der Waals surface area contributed by atoms with E-state index in [1.54, 1.807) is 6.07 Å². The molecular formula is C14H18FN3O. The summed E-state index contributed by atoms with van der Waals surface area (Å²) in [5.74, 6) is 0.720. The van der Waals surface area contributed by atoms with Crippen LogP contribution in [0.5, 0.6) is 0 Å². The van der Waals surface area contributed by atoms with E-state index in [1.807, 2.05) is 0 Å². The standard InChI is InChI=1S/C14H18FN3O/c1-8(2)18-13-4-3-9(15)5-12(13)17-14(18)10-6-19-7-11(10)16/h3-5,8,10-11H,6-7,16H2,1-2H3. The van der Waals surface area contributed by atoms with Gasteiger partial charge in [-0.2, -0.15) is 0 Å². The highest BCUT2D eigenvalue weighted by Crippen LogP contribution is 2.30. The fraction of sp³-hybridized carbons (Fsp3) is 0.500. The first-order valence-electron chi connectivity index (χ1n) is 6.58. The van der Waals surface area contributed by atoms with E-state index >= 15 is 0 Å². The Labute approximate surface area is 111 Å². The number of ether oxygens (including phenoxy) is 1. The topological polar surface area (TPSA) is 53.1 Å². The quantitative estimate of drug-likeness (QED) is 0.903. The number of imidazole rings is 1. The average Bonchev–Trinajstić information content (AvgIpc) is 2.91. The molecule has 2 aromatic rings. The minimum Gasteiger partial charge on any atom is -0.379 e. The van der Waals surface area contributed by atoms with Gasteiger partial charge in [0.05, 0.1) is 30.2 Å². The Morgan fingerprint density at radius 1 is 1.42 bits per heavy atom. The van der Waals surface area contributed by atoms with Gasteiger partial charge in [0.25, 0.3) is 0 Å². The van der Waals surface area contributed by atoms with Crippen LogP contribution in [0.3, 0.4) is 0 Å². The van der Waals surface area contributed by atoms with E-state index in [0.29, 0.717) is 18.7 Å². The molecule has 2 atom stereocenters. The second-order valence-corrected chi connectivity index (χ2v) is 5.37. The van der Waals surface area contributed by atoms with Crippen LogP contribution in [0, 0.1) is 5.82 Å². The maximum absolute atomic E-state index is 13.3. The number of aromatic nitrogens is 2. The molecule has 2 N–H and O–H groups in total. The summed E-state index contributed by atoms with van der Waals surface area (Å²) < 4.78 is 20.9. The van der Waals surface area contributed by atoms with E-state index < -0.39 is 0 Å². The minimum absolute atomic E-state index is 0.0424. The van der Waals surface area contributed by atoms with Gasteiger partial charge in [0.1, 0.15) is 11.6 Å². The van der Waals surface area contributed by atoms with Crippen LogP contribution in [0.25, 0.3) is 11.0 Å². The number of halogens is 1. The highest BCUT2D eigenvalue weighted by molar-refractivity contribution is 5.76. The molecule has 1 aliphatic heterocycles. The van der Waals surface area contributed by atoms with Crippen molar-refractivity contribution in [1.29, 1.82) is 0 Å². The van der Waals surface area contributed by atoms with Crippen molar-refractivity contribution in [2.75, 3.05) is 13.2 Å². The fourth-order valence-corrected chi connectivity index (χ4v) is 2.73. The monoisotopic (exact) mass is 263 g/mol. The van der Waals surface area contributed by atoms with E-state index in [9.17, 15) is 4.39 Å². The number of hydrogen-bond acceptors (Lipinski definition) is 3. The first-order chi connectivity index (χ1) is 9.08. The van der Waals surface area contributed by atoms with Crippen molar-refractivity contribution >= 4 is 11.0 Å². The van der Waals surface area contributed by atoms with Gasteiger partial charge in [-0.3, -0.25) is 0 Å². The van der Waals surface area contributed by atoms with E-state index in [-0.39, 0.29) is 23.8 Å². The Kier molecular flexibility index (Phi) is 3.03. The van der Waals surface area contributed by atoms with Gasteiger partial charge in [-0.15, -0.1) is 0 Å². The zero-order valence-corrected chi connectivity index (χ0v) is 11.1. The molecule has 1 fully saturated rings. The summed E-state index contributed by atoms with van der Waals surface area (Å²) in [6, 6.07) is 4.93. The zero-order chi connectivity index (χ0) is 13.6. The van der Waals surface area contributed by atoms with Crippen molar-refractivity contribution in [1.82, 2.24) is 9.55 Å². The van der Waals surface area contributed by atoms with E-state index in [4.69, 9.17) is 10.5 Å². The third-order valence-electron chi connectivity index (χ3n) is 3.65. The van der Waals surface area contributed by atoms with Gasteiger partial charge >= 0.3 is 0 Å². The highest BCUT2D eigenvalue weighted by atomic mass is 19.1. The van der Waals surface area contributed by atoms with Crippen LogP contribution in [-0.2, 0) is 4.74 Å². The molecule has 0 saturated carbocycles. The zero-order valence-electron chi connectivity index (χ0n) is 11.1. The smallest absolute Gasteiger partial charge is 0.125 e. The molecule has 2 heterocycles. The lowest BCUT2D eigenvalue weighted by molar-refractivity contribution is 0.190. The average molecular weight is 263 g/mol. The van der Waals surface area contributed by atoms with Gasteiger partial charge in [-0.1, -0.05) is 0 Å². The summed E-state index contributed by atoms with van der Waals surface area (Å²) in [6.07, 6.45) is 0. The second-order valence-electron chi connectivity index (χ2n) is 5.37. The maximum Gasteiger partial charge on any atom is 0.125 e. The maximum atomic E-state index is 13.3. The lowest BCUT2D eigenvalue weighted by Gasteiger charge is -2.18. The summed E-state index contributed by atoms with van der Waals surface area (Å²) in [5.41, 5.74) is 7.71. The van der Waals surface area contributed by atoms with Gasteiger partial charge in [0, 0.05) is 18.2 Å². The molecule has 0 radical (unpaired) electrons. The van der Waals surface area contributed by atoms with Crippen LogP contribution >= 0.6 is 0 Å². The summed E-state index contributed by atoms with van der Waals surface area (Å²) in [5, 5.41) is 0. The summed E-state index contributed by atoms with van der Waals surface area (Å²) in [6.45, 7) is 5.32. The Balaban J connectivity index is 2.19. The molecule has 1 aliphatic rings. The molecule has 4 nitrogen and oxygen atoms in total. The molecule has 19 heavy (non-hydrogen) atoms. The van der Waals surface area contributed by atoms with Crippen LogP contribution in [0.1, 0.15) is 31.6 Å². The van der Waals surface area contributed by atoms with Crippen LogP contribution in [0.15, 0.2) is 18.2 Å². The van der Waals surface area contributed by atoms with Crippen LogP contribution in [-0.4, -0.2) is 28.8 Å². The van der Waals surface area contributed by atoms with E-state index in [2.05, 4.69) is 23.4 Å². The lowest BCUT2D eigenvalue weighted by atomic mass is 10.0. The minimum atomic E-state index is -0.264. The molecule has 1 aromatic carbocycles. The Hall–Kier alpha value is -1.46. The molecule has 2 unspecified atom stereocenters. The molecule has 1 aromatic heterocycles. The number of fused-ring (bicyclic) bond motifs is 1. The number of benzene rings is 1. The molecule has 102 valence electrons. The predicted octanol–water partition coefficient (Wildman–Crippen LogP) is 2.20. The first-order valence-corrected chi connectivity index (χ1v) is 6.58. The number of nitrogens with two attached hydrogens (primary N) is 1. The predicted molar refractivity (Wildman–Crippen MR) is 71.6 cm³/mol. The van der Waals surface area contributed by atoms with Gasteiger partial charge in [-0.25, -0.2) is 9.37 Å². The summed E-state index contributed by atoms with van der Waals surface area (Å²) in [4.78, 5) is 4.59. The largest absolute Gasteiger partial charge is 0.379 e.